The Labute approximate surface area is 83.8 Å². The number of hydrogen-bond donors (Lipinski definition) is 2. The summed E-state index contributed by atoms with van der Waals surface area (Å²) in [5.74, 6) is 0.302. The Morgan fingerprint density at radius 2 is 2.07 bits per heavy atom. The maximum atomic E-state index is 10.8. The Balaban J connectivity index is 2.95. The lowest BCUT2D eigenvalue weighted by Gasteiger charge is -2.09. The molecule has 1 aromatic rings. The van der Waals surface area contributed by atoms with Crippen LogP contribution in [-0.4, -0.2) is 11.0 Å². The lowest BCUT2D eigenvalue weighted by atomic mass is 10.0. The summed E-state index contributed by atoms with van der Waals surface area (Å²) in [6.07, 6.45) is 0. The topological polar surface area (TPSA) is 49.3 Å². The van der Waals surface area contributed by atoms with Crippen molar-refractivity contribution < 1.29 is 9.90 Å². The molecule has 1 rings (SSSR count). The molecule has 3 nitrogen and oxygen atoms in total. The SMILES string of the molecule is CC(=O)Nc1ccc(C(C)C)cc1O. The smallest absolute Gasteiger partial charge is 0.221 e. The molecule has 0 aliphatic heterocycles. The Hall–Kier alpha value is -1.51. The molecule has 0 atom stereocenters. The van der Waals surface area contributed by atoms with Gasteiger partial charge in [-0.1, -0.05) is 19.9 Å². The molecule has 0 aromatic heterocycles. The number of nitrogens with one attached hydrogen (secondary N) is 1. The van der Waals surface area contributed by atoms with Gasteiger partial charge in [-0.25, -0.2) is 0 Å². The first kappa shape index (κ1) is 10.6. The molecule has 0 fully saturated rings. The first-order valence-corrected chi connectivity index (χ1v) is 4.61. The van der Waals surface area contributed by atoms with Crippen molar-refractivity contribution in [3.05, 3.63) is 23.8 Å². The second-order valence-electron chi connectivity index (χ2n) is 3.61. The van der Waals surface area contributed by atoms with Gasteiger partial charge in [-0.05, 0) is 23.6 Å². The van der Waals surface area contributed by atoms with E-state index in [-0.39, 0.29) is 11.7 Å². The molecule has 0 saturated heterocycles. The summed E-state index contributed by atoms with van der Waals surface area (Å²) in [6.45, 7) is 5.51. The van der Waals surface area contributed by atoms with Gasteiger partial charge in [-0.15, -0.1) is 0 Å². The zero-order valence-corrected chi connectivity index (χ0v) is 8.66. The highest BCUT2D eigenvalue weighted by Crippen LogP contribution is 2.27. The van der Waals surface area contributed by atoms with E-state index in [4.69, 9.17) is 0 Å². The number of aromatic hydroxyl groups is 1. The number of phenols is 1. The van der Waals surface area contributed by atoms with Crippen LogP contribution < -0.4 is 5.32 Å². The van der Waals surface area contributed by atoms with Gasteiger partial charge in [0.2, 0.25) is 5.91 Å². The van der Waals surface area contributed by atoms with Crippen LogP contribution >= 0.6 is 0 Å². The van der Waals surface area contributed by atoms with E-state index in [1.165, 1.54) is 6.92 Å². The molecule has 3 heteroatoms. The standard InChI is InChI=1S/C11H15NO2/c1-7(2)9-4-5-10(11(14)6-9)12-8(3)13/h4-7,14H,1-3H3,(H,12,13). The van der Waals surface area contributed by atoms with Crippen LogP contribution in [0.25, 0.3) is 0 Å². The van der Waals surface area contributed by atoms with E-state index < -0.39 is 0 Å². The lowest BCUT2D eigenvalue weighted by molar-refractivity contribution is -0.114. The average molecular weight is 193 g/mol. The molecule has 76 valence electrons. The van der Waals surface area contributed by atoms with E-state index in [0.717, 1.165) is 5.56 Å². The number of hydrogen-bond acceptors (Lipinski definition) is 2. The maximum Gasteiger partial charge on any atom is 0.221 e. The Morgan fingerprint density at radius 1 is 1.43 bits per heavy atom. The van der Waals surface area contributed by atoms with E-state index in [0.29, 0.717) is 11.6 Å². The largest absolute Gasteiger partial charge is 0.506 e. The van der Waals surface area contributed by atoms with E-state index >= 15 is 0 Å². The van der Waals surface area contributed by atoms with Crippen LogP contribution in [0.5, 0.6) is 5.75 Å². The van der Waals surface area contributed by atoms with Gasteiger partial charge in [-0.2, -0.15) is 0 Å². The Bertz CT molecular complexity index is 345. The molecule has 0 unspecified atom stereocenters. The Morgan fingerprint density at radius 3 is 2.50 bits per heavy atom. The number of amides is 1. The van der Waals surface area contributed by atoms with Crippen LogP contribution in [0.1, 0.15) is 32.3 Å². The summed E-state index contributed by atoms with van der Waals surface area (Å²) in [7, 11) is 0. The van der Waals surface area contributed by atoms with E-state index in [2.05, 4.69) is 5.32 Å². The van der Waals surface area contributed by atoms with Crippen LogP contribution in [0.3, 0.4) is 0 Å². The predicted octanol–water partition coefficient (Wildman–Crippen LogP) is 2.47. The third kappa shape index (κ3) is 2.49. The van der Waals surface area contributed by atoms with E-state index in [1.54, 1.807) is 12.1 Å². The summed E-state index contributed by atoms with van der Waals surface area (Å²) >= 11 is 0. The highest BCUT2D eigenvalue weighted by molar-refractivity contribution is 5.90. The van der Waals surface area contributed by atoms with Gasteiger partial charge < -0.3 is 10.4 Å². The summed E-state index contributed by atoms with van der Waals surface area (Å²) in [5, 5.41) is 12.1. The molecule has 0 saturated carbocycles. The summed E-state index contributed by atoms with van der Waals surface area (Å²) in [5.41, 5.74) is 1.51. The number of rotatable bonds is 2. The van der Waals surface area contributed by atoms with Crippen molar-refractivity contribution in [2.24, 2.45) is 0 Å². The number of phenolic OH excluding ortho intramolecular Hbond substituents is 1. The molecule has 1 amide bonds. The molecule has 0 radical (unpaired) electrons. The van der Waals surface area contributed by atoms with Gasteiger partial charge in [0.15, 0.2) is 0 Å². The molecule has 0 bridgehead atoms. The fraction of sp³-hybridized carbons (Fsp3) is 0.364. The van der Waals surface area contributed by atoms with Gasteiger partial charge in [-0.3, -0.25) is 4.79 Å². The van der Waals surface area contributed by atoms with Crippen LogP contribution in [0, 0.1) is 0 Å². The van der Waals surface area contributed by atoms with Crippen molar-refractivity contribution >= 4 is 11.6 Å². The van der Waals surface area contributed by atoms with Crippen LogP contribution in [0.15, 0.2) is 18.2 Å². The first-order chi connectivity index (χ1) is 6.50. The predicted molar refractivity (Wildman–Crippen MR) is 56.5 cm³/mol. The number of carbonyl (C=O) groups excluding carboxylic acids is 1. The molecule has 2 N–H and O–H groups in total. The monoisotopic (exact) mass is 193 g/mol. The summed E-state index contributed by atoms with van der Waals surface area (Å²) in [4.78, 5) is 10.8. The lowest BCUT2D eigenvalue weighted by Crippen LogP contribution is -2.06. The third-order valence-electron chi connectivity index (χ3n) is 2.00. The molecule has 0 heterocycles. The summed E-state index contributed by atoms with van der Waals surface area (Å²) in [6, 6.07) is 5.29. The molecule has 0 aliphatic rings. The Kier molecular flexibility index (Phi) is 3.12. The molecular formula is C11H15NO2. The normalized spacial score (nSPS) is 10.3. The molecule has 1 aromatic carbocycles. The highest BCUT2D eigenvalue weighted by Gasteiger charge is 2.05. The average Bonchev–Trinajstić information content (AvgIpc) is 2.07. The minimum Gasteiger partial charge on any atom is -0.506 e. The van der Waals surface area contributed by atoms with Gasteiger partial charge in [0.25, 0.3) is 0 Å². The molecular weight excluding hydrogens is 178 g/mol. The fourth-order valence-corrected chi connectivity index (χ4v) is 1.20. The van der Waals surface area contributed by atoms with Crippen LogP contribution in [0.2, 0.25) is 0 Å². The maximum absolute atomic E-state index is 10.8. The minimum atomic E-state index is -0.183. The summed E-state index contributed by atoms with van der Waals surface area (Å²) < 4.78 is 0. The highest BCUT2D eigenvalue weighted by atomic mass is 16.3. The van der Waals surface area contributed by atoms with Gasteiger partial charge >= 0.3 is 0 Å². The van der Waals surface area contributed by atoms with Crippen LogP contribution in [0.4, 0.5) is 5.69 Å². The fourth-order valence-electron chi connectivity index (χ4n) is 1.20. The molecule has 0 aliphatic carbocycles. The van der Waals surface area contributed by atoms with Crippen molar-refractivity contribution in [1.29, 1.82) is 0 Å². The zero-order valence-electron chi connectivity index (χ0n) is 8.66. The number of benzene rings is 1. The van der Waals surface area contributed by atoms with E-state index in [1.807, 2.05) is 19.9 Å². The molecule has 0 spiro atoms. The van der Waals surface area contributed by atoms with Crippen molar-refractivity contribution in [3.8, 4) is 5.75 Å². The van der Waals surface area contributed by atoms with Crippen molar-refractivity contribution in [3.63, 3.8) is 0 Å². The second kappa shape index (κ2) is 4.13. The second-order valence-corrected chi connectivity index (χ2v) is 3.61. The van der Waals surface area contributed by atoms with Crippen molar-refractivity contribution in [2.75, 3.05) is 5.32 Å². The van der Waals surface area contributed by atoms with Crippen molar-refractivity contribution in [2.45, 2.75) is 26.7 Å². The van der Waals surface area contributed by atoms with Gasteiger partial charge in [0.05, 0.1) is 5.69 Å². The van der Waals surface area contributed by atoms with E-state index in [9.17, 15) is 9.90 Å². The quantitative estimate of drug-likeness (QED) is 0.709. The zero-order chi connectivity index (χ0) is 10.7. The molecule has 14 heavy (non-hydrogen) atoms. The minimum absolute atomic E-state index is 0.117. The van der Waals surface area contributed by atoms with Crippen molar-refractivity contribution in [1.82, 2.24) is 0 Å². The van der Waals surface area contributed by atoms with Gasteiger partial charge in [0.1, 0.15) is 5.75 Å². The van der Waals surface area contributed by atoms with Crippen LogP contribution in [-0.2, 0) is 4.79 Å². The first-order valence-electron chi connectivity index (χ1n) is 4.61. The third-order valence-corrected chi connectivity index (χ3v) is 2.00. The number of carbonyl (C=O) groups is 1. The number of anilines is 1. The van der Waals surface area contributed by atoms with Gasteiger partial charge in [0, 0.05) is 6.92 Å².